The number of carbonyl (C=O) groups is 1. The third kappa shape index (κ3) is 2.65. The predicted molar refractivity (Wildman–Crippen MR) is 66.0 cm³/mol. The van der Waals surface area contributed by atoms with Gasteiger partial charge in [-0.2, -0.15) is 0 Å². The van der Waals surface area contributed by atoms with Crippen molar-refractivity contribution in [3.63, 3.8) is 0 Å². The van der Waals surface area contributed by atoms with Crippen LogP contribution in [0.3, 0.4) is 0 Å². The summed E-state index contributed by atoms with van der Waals surface area (Å²) in [6.45, 7) is 2.81. The van der Waals surface area contributed by atoms with Gasteiger partial charge in [0.2, 0.25) is 0 Å². The first-order chi connectivity index (χ1) is 8.18. The van der Waals surface area contributed by atoms with E-state index in [1.54, 1.807) is 17.6 Å². The summed E-state index contributed by atoms with van der Waals surface area (Å²) in [4.78, 5) is 16.2. The molecule has 0 fully saturated rings. The van der Waals surface area contributed by atoms with Gasteiger partial charge in [-0.05, 0) is 18.4 Å². The molecule has 2 aromatic rings. The maximum atomic E-state index is 11.6. The van der Waals surface area contributed by atoms with Crippen LogP contribution < -0.4 is 5.73 Å². The number of hydrogen-bond acceptors (Lipinski definition) is 5. The summed E-state index contributed by atoms with van der Waals surface area (Å²) in [7, 11) is 0. The Hall–Kier alpha value is -1.82. The van der Waals surface area contributed by atoms with E-state index >= 15 is 0 Å². The van der Waals surface area contributed by atoms with Gasteiger partial charge in [0.05, 0.1) is 12.2 Å². The number of carbonyl (C=O) groups excluding carboxylic acids is 1. The van der Waals surface area contributed by atoms with Gasteiger partial charge in [0, 0.05) is 12.4 Å². The number of aryl methyl sites for hydroxylation is 1. The molecule has 6 heteroatoms. The summed E-state index contributed by atoms with van der Waals surface area (Å²) in [6, 6.07) is 1.70. The SMILES string of the molecule is Cc1nccn1CCOC(=O)c1sccc1N. The summed E-state index contributed by atoms with van der Waals surface area (Å²) in [6.07, 6.45) is 3.57. The molecule has 0 atom stereocenters. The highest BCUT2D eigenvalue weighted by molar-refractivity contribution is 7.12. The number of nitrogens with zero attached hydrogens (tertiary/aromatic N) is 2. The first-order valence-electron chi connectivity index (χ1n) is 5.16. The van der Waals surface area contributed by atoms with Crippen molar-refractivity contribution < 1.29 is 9.53 Å². The van der Waals surface area contributed by atoms with Gasteiger partial charge in [-0.3, -0.25) is 0 Å². The molecule has 0 saturated heterocycles. The lowest BCUT2D eigenvalue weighted by atomic mass is 10.4. The number of anilines is 1. The van der Waals surface area contributed by atoms with E-state index in [0.29, 0.717) is 23.7 Å². The fraction of sp³-hybridized carbons (Fsp3) is 0.273. The van der Waals surface area contributed by atoms with Crippen molar-refractivity contribution in [1.82, 2.24) is 9.55 Å². The van der Waals surface area contributed by atoms with Crippen molar-refractivity contribution in [2.45, 2.75) is 13.5 Å². The molecule has 17 heavy (non-hydrogen) atoms. The molecule has 2 N–H and O–H groups in total. The number of rotatable bonds is 4. The van der Waals surface area contributed by atoms with Crippen molar-refractivity contribution in [2.75, 3.05) is 12.3 Å². The van der Waals surface area contributed by atoms with Crippen molar-refractivity contribution in [1.29, 1.82) is 0 Å². The van der Waals surface area contributed by atoms with E-state index in [4.69, 9.17) is 10.5 Å². The maximum absolute atomic E-state index is 11.6. The van der Waals surface area contributed by atoms with E-state index in [9.17, 15) is 4.79 Å². The zero-order chi connectivity index (χ0) is 12.3. The van der Waals surface area contributed by atoms with Crippen LogP contribution in [-0.2, 0) is 11.3 Å². The van der Waals surface area contributed by atoms with Gasteiger partial charge < -0.3 is 15.0 Å². The largest absolute Gasteiger partial charge is 0.460 e. The minimum Gasteiger partial charge on any atom is -0.460 e. The van der Waals surface area contributed by atoms with Gasteiger partial charge in [-0.1, -0.05) is 0 Å². The molecule has 2 aromatic heterocycles. The molecule has 0 spiro atoms. The predicted octanol–water partition coefficient (Wildman–Crippen LogP) is 1.69. The number of imidazole rings is 1. The summed E-state index contributed by atoms with van der Waals surface area (Å²) in [5.41, 5.74) is 6.10. The number of ether oxygens (including phenoxy) is 1. The van der Waals surface area contributed by atoms with Crippen LogP contribution in [0.4, 0.5) is 5.69 Å². The van der Waals surface area contributed by atoms with E-state index in [0.717, 1.165) is 5.82 Å². The van der Waals surface area contributed by atoms with E-state index in [2.05, 4.69) is 4.98 Å². The smallest absolute Gasteiger partial charge is 0.350 e. The molecule has 0 aliphatic heterocycles. The zero-order valence-electron chi connectivity index (χ0n) is 9.42. The number of aromatic nitrogens is 2. The second-order valence-corrected chi connectivity index (χ2v) is 4.42. The van der Waals surface area contributed by atoms with Crippen molar-refractivity contribution in [3.05, 3.63) is 34.5 Å². The van der Waals surface area contributed by atoms with Crippen LogP contribution in [0.25, 0.3) is 0 Å². The zero-order valence-corrected chi connectivity index (χ0v) is 10.2. The van der Waals surface area contributed by atoms with E-state index in [1.165, 1.54) is 11.3 Å². The second kappa shape index (κ2) is 5.01. The Bertz CT molecular complexity index is 518. The Balaban J connectivity index is 1.86. The number of thiophene rings is 1. The molecule has 0 amide bonds. The highest BCUT2D eigenvalue weighted by atomic mass is 32.1. The number of esters is 1. The van der Waals surface area contributed by atoms with Crippen LogP contribution in [0.15, 0.2) is 23.8 Å². The van der Waals surface area contributed by atoms with Crippen LogP contribution in [-0.4, -0.2) is 22.1 Å². The van der Waals surface area contributed by atoms with Crippen molar-refractivity contribution >= 4 is 23.0 Å². The molecule has 0 radical (unpaired) electrons. The van der Waals surface area contributed by atoms with Gasteiger partial charge in [0.1, 0.15) is 17.3 Å². The lowest BCUT2D eigenvalue weighted by Crippen LogP contribution is -2.12. The fourth-order valence-electron chi connectivity index (χ4n) is 1.43. The average Bonchev–Trinajstić information content (AvgIpc) is 2.88. The topological polar surface area (TPSA) is 70.1 Å². The molecule has 0 aliphatic rings. The fourth-order valence-corrected chi connectivity index (χ4v) is 2.14. The van der Waals surface area contributed by atoms with Gasteiger partial charge in [0.15, 0.2) is 0 Å². The number of nitrogen functional groups attached to an aromatic ring is 1. The molecule has 2 heterocycles. The van der Waals surface area contributed by atoms with Crippen LogP contribution in [0.2, 0.25) is 0 Å². The summed E-state index contributed by atoms with van der Waals surface area (Å²) >= 11 is 1.29. The first kappa shape index (κ1) is 11.7. The molecule has 2 rings (SSSR count). The first-order valence-corrected chi connectivity index (χ1v) is 6.04. The van der Waals surface area contributed by atoms with E-state index in [-0.39, 0.29) is 5.97 Å². The normalized spacial score (nSPS) is 10.4. The molecule has 0 aliphatic carbocycles. The Morgan fingerprint density at radius 3 is 3.06 bits per heavy atom. The molecule has 90 valence electrons. The maximum Gasteiger partial charge on any atom is 0.350 e. The minimum absolute atomic E-state index is 0.313. The third-order valence-corrected chi connectivity index (χ3v) is 3.28. The lowest BCUT2D eigenvalue weighted by Gasteiger charge is -2.06. The molecular formula is C11H13N3O2S. The minimum atomic E-state index is -0.365. The van der Waals surface area contributed by atoms with E-state index < -0.39 is 0 Å². The highest BCUT2D eigenvalue weighted by Gasteiger charge is 2.12. The van der Waals surface area contributed by atoms with Crippen molar-refractivity contribution in [3.8, 4) is 0 Å². The Kier molecular flexibility index (Phi) is 3.43. The third-order valence-electron chi connectivity index (χ3n) is 2.37. The Morgan fingerprint density at radius 1 is 1.65 bits per heavy atom. The summed E-state index contributed by atoms with van der Waals surface area (Å²) in [5.74, 6) is 0.534. The van der Waals surface area contributed by atoms with E-state index in [1.807, 2.05) is 17.7 Å². The van der Waals surface area contributed by atoms with Gasteiger partial charge in [-0.15, -0.1) is 11.3 Å². The molecular weight excluding hydrogens is 238 g/mol. The van der Waals surface area contributed by atoms with Gasteiger partial charge in [0.25, 0.3) is 0 Å². The van der Waals surface area contributed by atoms with Crippen LogP contribution in [0, 0.1) is 6.92 Å². The van der Waals surface area contributed by atoms with Gasteiger partial charge >= 0.3 is 5.97 Å². The van der Waals surface area contributed by atoms with Crippen LogP contribution in [0.5, 0.6) is 0 Å². The monoisotopic (exact) mass is 251 g/mol. The molecule has 5 nitrogen and oxygen atoms in total. The quantitative estimate of drug-likeness (QED) is 0.839. The number of nitrogens with two attached hydrogens (primary N) is 1. The Labute approximate surface area is 103 Å². The number of hydrogen-bond donors (Lipinski definition) is 1. The standard InChI is InChI=1S/C11H13N3O2S/c1-8-13-3-4-14(8)5-6-16-11(15)10-9(12)2-7-17-10/h2-4,7H,5-6,12H2,1H3. The Morgan fingerprint density at radius 2 is 2.47 bits per heavy atom. The lowest BCUT2D eigenvalue weighted by molar-refractivity contribution is 0.0497. The van der Waals surface area contributed by atoms with Crippen LogP contribution >= 0.6 is 11.3 Å². The summed E-state index contributed by atoms with van der Waals surface area (Å²) in [5, 5.41) is 1.77. The summed E-state index contributed by atoms with van der Waals surface area (Å²) < 4.78 is 7.06. The average molecular weight is 251 g/mol. The van der Waals surface area contributed by atoms with Crippen LogP contribution in [0.1, 0.15) is 15.5 Å². The molecule has 0 aromatic carbocycles. The molecule has 0 bridgehead atoms. The van der Waals surface area contributed by atoms with Crippen molar-refractivity contribution in [2.24, 2.45) is 0 Å². The highest BCUT2D eigenvalue weighted by Crippen LogP contribution is 2.19. The molecule has 0 unspecified atom stereocenters. The second-order valence-electron chi connectivity index (χ2n) is 3.51. The molecule has 0 saturated carbocycles. The van der Waals surface area contributed by atoms with Gasteiger partial charge in [-0.25, -0.2) is 9.78 Å².